The third-order valence-electron chi connectivity index (χ3n) is 5.41. The van der Waals surface area contributed by atoms with E-state index in [1.807, 2.05) is 14.0 Å². The van der Waals surface area contributed by atoms with Crippen molar-refractivity contribution in [2.24, 2.45) is 0 Å². The van der Waals surface area contributed by atoms with Crippen LogP contribution < -0.4 is 5.32 Å². The molecule has 2 aromatic rings. The number of hydrogen-bond acceptors (Lipinski definition) is 2. The number of likely N-dealkylation sites (N-methyl/N-ethyl adjacent to an activating group) is 1. The molecule has 0 bridgehead atoms. The first kappa shape index (κ1) is 17.7. The Labute approximate surface area is 151 Å². The van der Waals surface area contributed by atoms with Gasteiger partial charge in [0, 0.05) is 6.54 Å². The van der Waals surface area contributed by atoms with Gasteiger partial charge in [-0.3, -0.25) is 9.69 Å². The molecule has 0 heterocycles. The quantitative estimate of drug-likeness (QED) is 0.895. The summed E-state index contributed by atoms with van der Waals surface area (Å²) in [5.74, 6) is 0.109. The number of carbonyl (C=O) groups is 1. The Morgan fingerprint density at radius 3 is 2.72 bits per heavy atom. The normalized spacial score (nSPS) is 17.8. The number of nitrogens with one attached hydrogen (secondary N) is 1. The molecule has 3 nitrogen and oxygen atoms in total. The fourth-order valence-corrected chi connectivity index (χ4v) is 3.59. The number of fused-ring (bicyclic) bond motifs is 1. The zero-order valence-electron chi connectivity index (χ0n) is 15.5. The molecule has 0 fully saturated rings. The van der Waals surface area contributed by atoms with Crippen molar-refractivity contribution >= 4 is 5.91 Å². The van der Waals surface area contributed by atoms with Gasteiger partial charge in [-0.1, -0.05) is 48.5 Å². The van der Waals surface area contributed by atoms with E-state index in [1.54, 1.807) is 0 Å². The number of benzene rings is 2. The molecule has 1 amide bonds. The molecular weight excluding hydrogens is 308 g/mol. The van der Waals surface area contributed by atoms with Gasteiger partial charge in [-0.05, 0) is 62.4 Å². The van der Waals surface area contributed by atoms with Crippen LogP contribution in [0.3, 0.4) is 0 Å². The van der Waals surface area contributed by atoms with Gasteiger partial charge >= 0.3 is 0 Å². The lowest BCUT2D eigenvalue weighted by atomic mass is 9.87. The van der Waals surface area contributed by atoms with Gasteiger partial charge in [0.15, 0.2) is 0 Å². The summed E-state index contributed by atoms with van der Waals surface area (Å²) in [6.45, 7) is 4.89. The highest BCUT2D eigenvalue weighted by Gasteiger charge is 2.25. The molecule has 1 aliphatic carbocycles. The number of carbonyl (C=O) groups excluding carboxylic acids is 1. The Morgan fingerprint density at radius 2 is 1.92 bits per heavy atom. The minimum Gasteiger partial charge on any atom is -0.348 e. The molecule has 132 valence electrons. The molecule has 3 rings (SSSR count). The molecular formula is C22H28N2O. The van der Waals surface area contributed by atoms with Crippen molar-refractivity contribution in [1.29, 1.82) is 0 Å². The Kier molecular flexibility index (Phi) is 5.54. The standard InChI is InChI=1S/C22H28N2O/c1-16-9-4-5-11-19(16)15-24(3)17(2)22(25)23-21-14-8-12-18-10-6-7-13-20(18)21/h4-7,9-11,13,17,21H,8,12,14-15H2,1-3H3,(H,23,25)/t17-,21-/m0/s1. The lowest BCUT2D eigenvalue weighted by Crippen LogP contribution is -2.44. The van der Waals surface area contributed by atoms with Crippen LogP contribution in [0.4, 0.5) is 0 Å². The smallest absolute Gasteiger partial charge is 0.237 e. The number of amides is 1. The summed E-state index contributed by atoms with van der Waals surface area (Å²) in [4.78, 5) is 14.9. The Hall–Kier alpha value is -2.13. The minimum atomic E-state index is -0.159. The van der Waals surface area contributed by atoms with E-state index >= 15 is 0 Å². The van der Waals surface area contributed by atoms with Gasteiger partial charge in [0.05, 0.1) is 12.1 Å². The average Bonchev–Trinajstić information content (AvgIpc) is 2.63. The van der Waals surface area contributed by atoms with Crippen molar-refractivity contribution in [1.82, 2.24) is 10.2 Å². The number of hydrogen-bond donors (Lipinski definition) is 1. The van der Waals surface area contributed by atoms with E-state index in [2.05, 4.69) is 65.7 Å². The van der Waals surface area contributed by atoms with E-state index in [0.717, 1.165) is 25.8 Å². The number of nitrogens with zero attached hydrogens (tertiary/aromatic N) is 1. The first-order valence-electron chi connectivity index (χ1n) is 9.19. The van der Waals surface area contributed by atoms with Gasteiger partial charge in [-0.2, -0.15) is 0 Å². The number of aryl methyl sites for hydroxylation is 2. The molecule has 1 N–H and O–H groups in total. The van der Waals surface area contributed by atoms with E-state index in [-0.39, 0.29) is 18.0 Å². The van der Waals surface area contributed by atoms with Crippen LogP contribution in [0.5, 0.6) is 0 Å². The molecule has 0 spiro atoms. The van der Waals surface area contributed by atoms with Crippen molar-refractivity contribution in [2.45, 2.75) is 51.7 Å². The Morgan fingerprint density at radius 1 is 1.20 bits per heavy atom. The highest BCUT2D eigenvalue weighted by atomic mass is 16.2. The van der Waals surface area contributed by atoms with Crippen LogP contribution in [0.25, 0.3) is 0 Å². The number of rotatable bonds is 5. The molecule has 0 radical (unpaired) electrons. The molecule has 0 saturated carbocycles. The van der Waals surface area contributed by atoms with E-state index in [1.165, 1.54) is 22.3 Å². The van der Waals surface area contributed by atoms with Crippen molar-refractivity contribution in [3.63, 3.8) is 0 Å². The fourth-order valence-electron chi connectivity index (χ4n) is 3.59. The Balaban J connectivity index is 1.64. The summed E-state index contributed by atoms with van der Waals surface area (Å²) in [7, 11) is 2.02. The van der Waals surface area contributed by atoms with Gasteiger partial charge < -0.3 is 5.32 Å². The maximum atomic E-state index is 12.8. The maximum absolute atomic E-state index is 12.8. The van der Waals surface area contributed by atoms with Crippen LogP contribution in [0.1, 0.15) is 48.1 Å². The summed E-state index contributed by atoms with van der Waals surface area (Å²) in [5, 5.41) is 3.28. The first-order valence-corrected chi connectivity index (χ1v) is 9.19. The highest BCUT2D eigenvalue weighted by Crippen LogP contribution is 2.29. The van der Waals surface area contributed by atoms with E-state index in [4.69, 9.17) is 0 Å². The van der Waals surface area contributed by atoms with Gasteiger partial charge in [0.2, 0.25) is 5.91 Å². The second kappa shape index (κ2) is 7.83. The predicted molar refractivity (Wildman–Crippen MR) is 102 cm³/mol. The molecule has 1 aliphatic rings. The van der Waals surface area contributed by atoms with Crippen LogP contribution >= 0.6 is 0 Å². The third kappa shape index (κ3) is 4.10. The van der Waals surface area contributed by atoms with Crippen LogP contribution in [0.15, 0.2) is 48.5 Å². The lowest BCUT2D eigenvalue weighted by molar-refractivity contribution is -0.126. The van der Waals surface area contributed by atoms with Crippen molar-refractivity contribution in [2.75, 3.05) is 7.05 Å². The molecule has 25 heavy (non-hydrogen) atoms. The summed E-state index contributed by atoms with van der Waals surface area (Å²) in [6.07, 6.45) is 3.28. The summed E-state index contributed by atoms with van der Waals surface area (Å²) in [5.41, 5.74) is 5.20. The van der Waals surface area contributed by atoms with Crippen LogP contribution in [0, 0.1) is 6.92 Å². The zero-order chi connectivity index (χ0) is 17.8. The summed E-state index contributed by atoms with van der Waals surface area (Å²) < 4.78 is 0. The van der Waals surface area contributed by atoms with Gasteiger partial charge in [0.1, 0.15) is 0 Å². The van der Waals surface area contributed by atoms with Gasteiger partial charge in [-0.15, -0.1) is 0 Å². The monoisotopic (exact) mass is 336 g/mol. The summed E-state index contributed by atoms with van der Waals surface area (Å²) in [6, 6.07) is 16.8. The molecule has 2 atom stereocenters. The van der Waals surface area contributed by atoms with Crippen molar-refractivity contribution in [3.8, 4) is 0 Å². The molecule has 0 aliphatic heterocycles. The molecule has 0 saturated heterocycles. The third-order valence-corrected chi connectivity index (χ3v) is 5.41. The van der Waals surface area contributed by atoms with Crippen LogP contribution in [-0.4, -0.2) is 23.9 Å². The van der Waals surface area contributed by atoms with Crippen molar-refractivity contribution in [3.05, 3.63) is 70.8 Å². The average molecular weight is 336 g/mol. The Bertz CT molecular complexity index is 740. The van der Waals surface area contributed by atoms with Gasteiger partial charge in [0.25, 0.3) is 0 Å². The molecule has 0 unspecified atom stereocenters. The minimum absolute atomic E-state index is 0.109. The molecule has 0 aromatic heterocycles. The predicted octanol–water partition coefficient (Wildman–Crippen LogP) is 4.01. The largest absolute Gasteiger partial charge is 0.348 e. The highest BCUT2D eigenvalue weighted by molar-refractivity contribution is 5.81. The van der Waals surface area contributed by atoms with E-state index in [9.17, 15) is 4.79 Å². The lowest BCUT2D eigenvalue weighted by Gasteiger charge is -2.30. The molecule has 2 aromatic carbocycles. The van der Waals surface area contributed by atoms with Crippen LogP contribution in [-0.2, 0) is 17.8 Å². The van der Waals surface area contributed by atoms with E-state index < -0.39 is 0 Å². The van der Waals surface area contributed by atoms with Crippen LogP contribution in [0.2, 0.25) is 0 Å². The maximum Gasteiger partial charge on any atom is 0.237 e. The van der Waals surface area contributed by atoms with Crippen molar-refractivity contribution < 1.29 is 4.79 Å². The fraction of sp³-hybridized carbons (Fsp3) is 0.409. The molecule has 3 heteroatoms. The first-order chi connectivity index (χ1) is 12.1. The second-order valence-electron chi connectivity index (χ2n) is 7.17. The topological polar surface area (TPSA) is 32.3 Å². The zero-order valence-corrected chi connectivity index (χ0v) is 15.5. The second-order valence-corrected chi connectivity index (χ2v) is 7.17. The van der Waals surface area contributed by atoms with Gasteiger partial charge in [-0.25, -0.2) is 0 Å². The van der Waals surface area contributed by atoms with E-state index in [0.29, 0.717) is 0 Å². The summed E-state index contributed by atoms with van der Waals surface area (Å²) >= 11 is 0. The SMILES string of the molecule is Cc1ccccc1CN(C)[C@@H](C)C(=O)N[C@H]1CCCc2ccccc21.